The van der Waals surface area contributed by atoms with Gasteiger partial charge in [-0.2, -0.15) is 0 Å². The molecule has 0 bridgehead atoms. The van der Waals surface area contributed by atoms with Gasteiger partial charge in [-0.25, -0.2) is 4.68 Å². The average molecular weight is 392 g/mol. The third kappa shape index (κ3) is 2.76. The molecule has 1 amide bonds. The lowest BCUT2D eigenvalue weighted by Crippen LogP contribution is -2.12. The number of nitrogens with one attached hydrogen (secondary N) is 1. The van der Waals surface area contributed by atoms with Crippen molar-refractivity contribution in [1.29, 1.82) is 0 Å². The van der Waals surface area contributed by atoms with E-state index in [1.165, 1.54) is 0 Å². The molecule has 5 nitrogen and oxygen atoms in total. The van der Waals surface area contributed by atoms with E-state index in [4.69, 9.17) is 0 Å². The van der Waals surface area contributed by atoms with Crippen molar-refractivity contribution < 1.29 is 4.79 Å². The van der Waals surface area contributed by atoms with Gasteiger partial charge in [0.1, 0.15) is 5.52 Å². The summed E-state index contributed by atoms with van der Waals surface area (Å²) in [4.78, 5) is 12.3. The summed E-state index contributed by atoms with van der Waals surface area (Å²) in [6, 6.07) is 13.1. The lowest BCUT2D eigenvalue weighted by atomic mass is 10.2. The predicted molar refractivity (Wildman–Crippen MR) is 90.3 cm³/mol. The number of nitrogens with zero attached hydrogens (tertiary/aromatic N) is 3. The van der Waals surface area contributed by atoms with Gasteiger partial charge in [-0.1, -0.05) is 17.3 Å². The molecular weight excluding hydrogens is 379 g/mol. The first-order chi connectivity index (χ1) is 10.2. The molecule has 3 rings (SSSR count). The molecule has 0 saturated heterocycles. The zero-order valence-electron chi connectivity index (χ0n) is 11.4. The molecule has 0 saturated carbocycles. The van der Waals surface area contributed by atoms with E-state index in [1.54, 1.807) is 16.8 Å². The zero-order valence-corrected chi connectivity index (χ0v) is 13.5. The Labute approximate surface area is 135 Å². The zero-order chi connectivity index (χ0) is 14.8. The Kier molecular flexibility index (Phi) is 3.87. The van der Waals surface area contributed by atoms with E-state index in [1.807, 2.05) is 37.3 Å². The number of rotatable bonds is 3. The Bertz CT molecular complexity index is 812. The monoisotopic (exact) mass is 392 g/mol. The van der Waals surface area contributed by atoms with Crippen LogP contribution in [-0.2, 0) is 6.54 Å². The number of carbonyl (C=O) groups excluding carboxylic acids is 1. The van der Waals surface area contributed by atoms with Gasteiger partial charge < -0.3 is 5.32 Å². The van der Waals surface area contributed by atoms with Crippen molar-refractivity contribution >= 4 is 45.2 Å². The van der Waals surface area contributed by atoms with Crippen molar-refractivity contribution in [2.45, 2.75) is 13.5 Å². The van der Waals surface area contributed by atoms with Crippen LogP contribution < -0.4 is 5.32 Å². The SMILES string of the molecule is CCn1nnc2cc(C(=O)Nc3ccccc3I)ccc21. The van der Waals surface area contributed by atoms with Gasteiger partial charge >= 0.3 is 0 Å². The highest BCUT2D eigenvalue weighted by Crippen LogP contribution is 2.19. The number of hydrogen-bond donors (Lipinski definition) is 1. The van der Waals surface area contributed by atoms with Crippen molar-refractivity contribution in [3.63, 3.8) is 0 Å². The van der Waals surface area contributed by atoms with E-state index in [0.29, 0.717) is 5.56 Å². The van der Waals surface area contributed by atoms with Crippen LogP contribution in [0.1, 0.15) is 17.3 Å². The topological polar surface area (TPSA) is 59.8 Å². The quantitative estimate of drug-likeness (QED) is 0.696. The summed E-state index contributed by atoms with van der Waals surface area (Å²) in [5.41, 5.74) is 3.04. The lowest BCUT2D eigenvalue weighted by molar-refractivity contribution is 0.102. The second kappa shape index (κ2) is 5.80. The summed E-state index contributed by atoms with van der Waals surface area (Å²) >= 11 is 2.20. The summed E-state index contributed by atoms with van der Waals surface area (Å²) in [5, 5.41) is 11.0. The van der Waals surface area contributed by atoms with Gasteiger partial charge in [0, 0.05) is 15.7 Å². The fourth-order valence-electron chi connectivity index (χ4n) is 2.10. The predicted octanol–water partition coefficient (Wildman–Crippen LogP) is 3.31. The standard InChI is InChI=1S/C15H13IN4O/c1-2-20-14-8-7-10(9-13(14)18-19-20)15(21)17-12-6-4-3-5-11(12)16/h3-9H,2H2,1H3,(H,17,21). The van der Waals surface area contributed by atoms with Gasteiger partial charge in [-0.15, -0.1) is 5.10 Å². The Morgan fingerprint density at radius 1 is 1.29 bits per heavy atom. The van der Waals surface area contributed by atoms with Crippen LogP contribution in [0.2, 0.25) is 0 Å². The molecule has 0 aliphatic carbocycles. The fraction of sp³-hybridized carbons (Fsp3) is 0.133. The number of halogens is 1. The normalized spacial score (nSPS) is 10.8. The second-order valence-corrected chi connectivity index (χ2v) is 5.70. The average Bonchev–Trinajstić information content (AvgIpc) is 2.91. The third-order valence-corrected chi connectivity index (χ3v) is 4.14. The highest BCUT2D eigenvalue weighted by atomic mass is 127. The molecule has 0 spiro atoms. The molecule has 1 N–H and O–H groups in total. The Balaban J connectivity index is 1.90. The number of benzene rings is 2. The number of hydrogen-bond acceptors (Lipinski definition) is 3. The molecule has 0 atom stereocenters. The van der Waals surface area contributed by atoms with Crippen LogP contribution in [-0.4, -0.2) is 20.9 Å². The number of amides is 1. The highest BCUT2D eigenvalue weighted by molar-refractivity contribution is 14.1. The summed E-state index contributed by atoms with van der Waals surface area (Å²) in [7, 11) is 0. The molecule has 0 unspecified atom stereocenters. The molecule has 2 aromatic carbocycles. The number of anilines is 1. The minimum atomic E-state index is -0.146. The van der Waals surface area contributed by atoms with E-state index >= 15 is 0 Å². The molecule has 3 aromatic rings. The molecule has 21 heavy (non-hydrogen) atoms. The van der Waals surface area contributed by atoms with Crippen LogP contribution in [0.15, 0.2) is 42.5 Å². The molecule has 0 aliphatic rings. The van der Waals surface area contributed by atoms with E-state index in [2.05, 4.69) is 38.2 Å². The van der Waals surface area contributed by atoms with E-state index < -0.39 is 0 Å². The van der Waals surface area contributed by atoms with Crippen LogP contribution in [0.5, 0.6) is 0 Å². The van der Waals surface area contributed by atoms with Crippen molar-refractivity contribution in [1.82, 2.24) is 15.0 Å². The number of carbonyl (C=O) groups is 1. The van der Waals surface area contributed by atoms with Gasteiger partial charge in [0.05, 0.1) is 11.2 Å². The van der Waals surface area contributed by atoms with E-state index in [-0.39, 0.29) is 5.91 Å². The molecule has 0 fully saturated rings. The molecule has 1 aromatic heterocycles. The van der Waals surface area contributed by atoms with Gasteiger partial charge in [0.15, 0.2) is 0 Å². The maximum absolute atomic E-state index is 12.3. The smallest absolute Gasteiger partial charge is 0.255 e. The van der Waals surface area contributed by atoms with Gasteiger partial charge in [0.25, 0.3) is 5.91 Å². The van der Waals surface area contributed by atoms with Gasteiger partial charge in [-0.3, -0.25) is 4.79 Å². The van der Waals surface area contributed by atoms with Gasteiger partial charge in [-0.05, 0) is 59.8 Å². The minimum Gasteiger partial charge on any atom is -0.321 e. The van der Waals surface area contributed by atoms with E-state index in [9.17, 15) is 4.79 Å². The summed E-state index contributed by atoms with van der Waals surface area (Å²) < 4.78 is 2.80. The first kappa shape index (κ1) is 14.0. The van der Waals surface area contributed by atoms with Crippen LogP contribution in [0.25, 0.3) is 11.0 Å². The maximum Gasteiger partial charge on any atom is 0.255 e. The molecule has 0 aliphatic heterocycles. The highest BCUT2D eigenvalue weighted by Gasteiger charge is 2.11. The van der Waals surface area contributed by atoms with Crippen LogP contribution in [0.3, 0.4) is 0 Å². The van der Waals surface area contributed by atoms with E-state index in [0.717, 1.165) is 26.8 Å². The molecule has 6 heteroatoms. The Hall–Kier alpha value is -1.96. The maximum atomic E-state index is 12.3. The Morgan fingerprint density at radius 3 is 2.86 bits per heavy atom. The molecular formula is C15H13IN4O. The number of fused-ring (bicyclic) bond motifs is 1. The van der Waals surface area contributed by atoms with Crippen molar-refractivity contribution in [2.24, 2.45) is 0 Å². The van der Waals surface area contributed by atoms with Crippen LogP contribution in [0, 0.1) is 3.57 Å². The summed E-state index contributed by atoms with van der Waals surface area (Å²) in [6.07, 6.45) is 0. The third-order valence-electron chi connectivity index (χ3n) is 3.20. The molecule has 106 valence electrons. The first-order valence-electron chi connectivity index (χ1n) is 6.58. The number of aromatic nitrogens is 3. The first-order valence-corrected chi connectivity index (χ1v) is 7.66. The minimum absolute atomic E-state index is 0.146. The molecule has 0 radical (unpaired) electrons. The number of para-hydroxylation sites is 1. The van der Waals surface area contributed by atoms with Crippen molar-refractivity contribution in [3.8, 4) is 0 Å². The fourth-order valence-corrected chi connectivity index (χ4v) is 2.63. The summed E-state index contributed by atoms with van der Waals surface area (Å²) in [5.74, 6) is -0.146. The van der Waals surface area contributed by atoms with Crippen LogP contribution >= 0.6 is 22.6 Å². The van der Waals surface area contributed by atoms with Gasteiger partial charge in [0.2, 0.25) is 0 Å². The van der Waals surface area contributed by atoms with Crippen molar-refractivity contribution in [3.05, 3.63) is 51.6 Å². The largest absolute Gasteiger partial charge is 0.321 e. The molecule has 1 heterocycles. The number of aryl methyl sites for hydroxylation is 1. The summed E-state index contributed by atoms with van der Waals surface area (Å²) in [6.45, 7) is 2.76. The van der Waals surface area contributed by atoms with Crippen LogP contribution in [0.4, 0.5) is 5.69 Å². The Morgan fingerprint density at radius 2 is 2.10 bits per heavy atom. The second-order valence-electron chi connectivity index (χ2n) is 4.54. The lowest BCUT2D eigenvalue weighted by Gasteiger charge is -2.07. The van der Waals surface area contributed by atoms with Crippen molar-refractivity contribution in [2.75, 3.05) is 5.32 Å².